The Bertz CT molecular complexity index is 629. The van der Waals surface area contributed by atoms with Crippen molar-refractivity contribution in [2.24, 2.45) is 11.8 Å². The topological polar surface area (TPSA) is 53.5 Å². The molecule has 25 heavy (non-hydrogen) atoms. The lowest BCUT2D eigenvalue weighted by atomic mass is 9.84. The van der Waals surface area contributed by atoms with E-state index in [0.717, 1.165) is 51.0 Å². The summed E-state index contributed by atoms with van der Waals surface area (Å²) in [6.45, 7) is 2.40. The fraction of sp³-hybridized carbons (Fsp3) is 0.650. The van der Waals surface area contributed by atoms with Gasteiger partial charge in [-0.15, -0.1) is 0 Å². The van der Waals surface area contributed by atoms with E-state index in [9.17, 15) is 9.59 Å². The number of pyridine rings is 1. The first-order chi connectivity index (χ1) is 12.2. The number of carbonyl (C=O) groups is 2. The summed E-state index contributed by atoms with van der Waals surface area (Å²) >= 11 is 0. The average molecular weight is 341 g/mol. The second-order valence-electron chi connectivity index (χ2n) is 7.84. The standard InChI is InChI=1S/C20H27N3O2/c24-19(10-8-17-6-1-2-11-21-17)23-13-15-7-9-18(23)14-22(12-15)20(25)16-4-3-5-16/h1-2,6,11,15-16,18H,3-5,7-10,12-14H2/t15-,18+/m0/s1. The van der Waals surface area contributed by atoms with Crippen LogP contribution in [0, 0.1) is 11.8 Å². The Hall–Kier alpha value is -1.91. The molecule has 1 aliphatic carbocycles. The second kappa shape index (κ2) is 7.14. The molecule has 0 radical (unpaired) electrons. The zero-order valence-corrected chi connectivity index (χ0v) is 14.8. The molecule has 2 bridgehead atoms. The molecular weight excluding hydrogens is 314 g/mol. The Morgan fingerprint density at radius 3 is 2.68 bits per heavy atom. The predicted octanol–water partition coefficient (Wildman–Crippen LogP) is 2.26. The van der Waals surface area contributed by atoms with E-state index >= 15 is 0 Å². The molecule has 5 heteroatoms. The van der Waals surface area contributed by atoms with Crippen molar-refractivity contribution in [3.05, 3.63) is 30.1 Å². The first-order valence-corrected chi connectivity index (χ1v) is 9.69. The van der Waals surface area contributed by atoms with Gasteiger partial charge in [-0.1, -0.05) is 12.5 Å². The highest BCUT2D eigenvalue weighted by Gasteiger charge is 2.40. The van der Waals surface area contributed by atoms with E-state index in [1.165, 1.54) is 6.42 Å². The van der Waals surface area contributed by atoms with Crippen LogP contribution in [-0.2, 0) is 16.0 Å². The van der Waals surface area contributed by atoms with Gasteiger partial charge < -0.3 is 9.80 Å². The van der Waals surface area contributed by atoms with Gasteiger partial charge in [-0.2, -0.15) is 0 Å². The Labute approximate surface area is 149 Å². The molecule has 1 aromatic rings. The van der Waals surface area contributed by atoms with Crippen molar-refractivity contribution in [3.8, 4) is 0 Å². The smallest absolute Gasteiger partial charge is 0.225 e. The second-order valence-corrected chi connectivity index (χ2v) is 7.84. The van der Waals surface area contributed by atoms with Crippen LogP contribution in [0.1, 0.15) is 44.2 Å². The molecule has 0 unspecified atom stereocenters. The minimum Gasteiger partial charge on any atom is -0.340 e. The SMILES string of the molecule is O=C(C1CCC1)N1C[C@@H]2CC[C@H](C1)N(C(=O)CCc1ccccn1)C2. The number of aryl methyl sites for hydroxylation is 1. The van der Waals surface area contributed by atoms with Gasteiger partial charge in [0.1, 0.15) is 0 Å². The lowest BCUT2D eigenvalue weighted by Gasteiger charge is -2.36. The van der Waals surface area contributed by atoms with E-state index in [4.69, 9.17) is 0 Å². The van der Waals surface area contributed by atoms with Crippen molar-refractivity contribution in [1.29, 1.82) is 0 Å². The number of rotatable bonds is 4. The van der Waals surface area contributed by atoms with E-state index in [1.807, 2.05) is 18.2 Å². The molecule has 0 aromatic carbocycles. The van der Waals surface area contributed by atoms with Gasteiger partial charge in [0.2, 0.25) is 11.8 Å². The third-order valence-corrected chi connectivity index (χ3v) is 6.12. The minimum atomic E-state index is 0.207. The summed E-state index contributed by atoms with van der Waals surface area (Å²) in [5.41, 5.74) is 0.970. The van der Waals surface area contributed by atoms with Gasteiger partial charge in [0.25, 0.3) is 0 Å². The fourth-order valence-corrected chi connectivity index (χ4v) is 4.41. The summed E-state index contributed by atoms with van der Waals surface area (Å²) in [5.74, 6) is 1.26. The Balaban J connectivity index is 1.38. The molecule has 0 N–H and O–H groups in total. The molecule has 2 amide bonds. The van der Waals surface area contributed by atoms with Crippen LogP contribution in [0.5, 0.6) is 0 Å². The average Bonchev–Trinajstić information content (AvgIpc) is 2.91. The molecule has 3 saturated heterocycles. The molecular formula is C20H27N3O2. The molecule has 5 nitrogen and oxygen atoms in total. The van der Waals surface area contributed by atoms with Crippen LogP contribution in [0.15, 0.2) is 24.4 Å². The fourth-order valence-electron chi connectivity index (χ4n) is 4.41. The number of carbonyl (C=O) groups excluding carboxylic acids is 2. The predicted molar refractivity (Wildman–Crippen MR) is 94.7 cm³/mol. The molecule has 1 saturated carbocycles. The molecule has 4 fully saturated rings. The summed E-state index contributed by atoms with van der Waals surface area (Å²) in [7, 11) is 0. The Morgan fingerprint density at radius 2 is 1.96 bits per heavy atom. The Morgan fingerprint density at radius 1 is 1.08 bits per heavy atom. The van der Waals surface area contributed by atoms with Crippen LogP contribution in [0.3, 0.4) is 0 Å². The maximum atomic E-state index is 12.8. The quantitative estimate of drug-likeness (QED) is 0.844. The van der Waals surface area contributed by atoms with Gasteiger partial charge >= 0.3 is 0 Å². The van der Waals surface area contributed by atoms with Crippen LogP contribution in [-0.4, -0.2) is 52.3 Å². The van der Waals surface area contributed by atoms with Gasteiger partial charge in [-0.3, -0.25) is 14.6 Å². The van der Waals surface area contributed by atoms with Gasteiger partial charge in [0.05, 0.1) is 0 Å². The number of hydrogen-bond acceptors (Lipinski definition) is 3. The summed E-state index contributed by atoms with van der Waals surface area (Å²) in [6, 6.07) is 6.04. The van der Waals surface area contributed by atoms with Crippen LogP contribution in [0.25, 0.3) is 0 Å². The van der Waals surface area contributed by atoms with Crippen molar-refractivity contribution >= 4 is 11.8 Å². The largest absolute Gasteiger partial charge is 0.340 e. The van der Waals surface area contributed by atoms with E-state index < -0.39 is 0 Å². The maximum absolute atomic E-state index is 12.8. The van der Waals surface area contributed by atoms with Crippen LogP contribution >= 0.6 is 0 Å². The first kappa shape index (κ1) is 16.6. The van der Waals surface area contributed by atoms with Gasteiger partial charge in [0.15, 0.2) is 0 Å². The normalized spacial score (nSPS) is 26.2. The van der Waals surface area contributed by atoms with E-state index in [2.05, 4.69) is 14.8 Å². The van der Waals surface area contributed by atoms with Crippen molar-refractivity contribution < 1.29 is 9.59 Å². The maximum Gasteiger partial charge on any atom is 0.225 e. The molecule has 0 spiro atoms. The molecule has 5 rings (SSSR count). The summed E-state index contributed by atoms with van der Waals surface area (Å²) in [5, 5.41) is 0. The van der Waals surface area contributed by atoms with Crippen LogP contribution < -0.4 is 0 Å². The van der Waals surface area contributed by atoms with Gasteiger partial charge in [-0.25, -0.2) is 0 Å². The van der Waals surface area contributed by atoms with Crippen LogP contribution in [0.2, 0.25) is 0 Å². The molecule has 1 aromatic heterocycles. The molecule has 2 atom stereocenters. The lowest BCUT2D eigenvalue weighted by molar-refractivity contribution is -0.140. The monoisotopic (exact) mass is 341 g/mol. The van der Waals surface area contributed by atoms with Crippen molar-refractivity contribution in [2.45, 2.75) is 51.0 Å². The third-order valence-electron chi connectivity index (χ3n) is 6.12. The van der Waals surface area contributed by atoms with E-state index in [0.29, 0.717) is 24.7 Å². The highest BCUT2D eigenvalue weighted by atomic mass is 16.2. The van der Waals surface area contributed by atoms with Crippen molar-refractivity contribution in [2.75, 3.05) is 19.6 Å². The van der Waals surface area contributed by atoms with Gasteiger partial charge in [0, 0.05) is 49.9 Å². The van der Waals surface area contributed by atoms with Crippen LogP contribution in [0.4, 0.5) is 0 Å². The number of amides is 2. The summed E-state index contributed by atoms with van der Waals surface area (Å²) in [4.78, 5) is 33.9. The molecule has 134 valence electrons. The first-order valence-electron chi connectivity index (χ1n) is 9.69. The van der Waals surface area contributed by atoms with E-state index in [-0.39, 0.29) is 17.9 Å². The highest BCUT2D eigenvalue weighted by Crippen LogP contribution is 2.33. The highest BCUT2D eigenvalue weighted by molar-refractivity contribution is 5.80. The minimum absolute atomic E-state index is 0.207. The van der Waals surface area contributed by atoms with Crippen molar-refractivity contribution in [1.82, 2.24) is 14.8 Å². The number of nitrogens with zero attached hydrogens (tertiary/aromatic N) is 3. The molecule has 4 aliphatic rings. The molecule has 4 heterocycles. The molecule has 3 aliphatic heterocycles. The summed E-state index contributed by atoms with van der Waals surface area (Å²) < 4.78 is 0. The third kappa shape index (κ3) is 3.55. The van der Waals surface area contributed by atoms with Gasteiger partial charge in [-0.05, 0) is 50.2 Å². The number of hydrogen-bond donors (Lipinski definition) is 0. The Kier molecular flexibility index (Phi) is 4.73. The number of piperidine rings is 1. The number of aromatic nitrogens is 1. The lowest BCUT2D eigenvalue weighted by Crippen LogP contribution is -2.48. The zero-order valence-electron chi connectivity index (χ0n) is 14.8. The van der Waals surface area contributed by atoms with E-state index in [1.54, 1.807) is 6.20 Å². The van der Waals surface area contributed by atoms with Crippen molar-refractivity contribution in [3.63, 3.8) is 0 Å². The number of fused-ring (bicyclic) bond motifs is 4. The summed E-state index contributed by atoms with van der Waals surface area (Å²) in [6.07, 6.45) is 8.45. The zero-order chi connectivity index (χ0) is 17.2.